The van der Waals surface area contributed by atoms with Gasteiger partial charge in [0.2, 0.25) is 5.91 Å². The van der Waals surface area contributed by atoms with Gasteiger partial charge in [-0.05, 0) is 32.2 Å². The molecule has 0 aliphatic rings. The Morgan fingerprint density at radius 2 is 2.10 bits per heavy atom. The molecule has 1 atom stereocenters. The number of aromatic nitrogens is 1. The number of sulfone groups is 1. The number of hydrogen-bond donors (Lipinski definition) is 1. The highest BCUT2D eigenvalue weighted by Gasteiger charge is 2.25. The fourth-order valence-corrected chi connectivity index (χ4v) is 4.21. The molecule has 2 aromatic rings. The zero-order valence-corrected chi connectivity index (χ0v) is 13.8. The number of amides is 1. The lowest BCUT2D eigenvalue weighted by Crippen LogP contribution is -2.20. The summed E-state index contributed by atoms with van der Waals surface area (Å²) in [5.41, 5.74) is 1.38. The quantitative estimate of drug-likeness (QED) is 0.931. The van der Waals surface area contributed by atoms with Crippen LogP contribution in [0.15, 0.2) is 20.9 Å². The van der Waals surface area contributed by atoms with Crippen LogP contribution in [0.3, 0.4) is 0 Å². The van der Waals surface area contributed by atoms with Crippen molar-refractivity contribution in [3.63, 3.8) is 0 Å². The van der Waals surface area contributed by atoms with E-state index in [0.29, 0.717) is 16.5 Å². The highest BCUT2D eigenvalue weighted by molar-refractivity contribution is 7.91. The van der Waals surface area contributed by atoms with Gasteiger partial charge in [0.05, 0.1) is 11.6 Å². The van der Waals surface area contributed by atoms with Crippen LogP contribution in [0.2, 0.25) is 0 Å². The Morgan fingerprint density at radius 3 is 2.62 bits per heavy atom. The van der Waals surface area contributed by atoms with E-state index in [1.165, 1.54) is 17.4 Å². The van der Waals surface area contributed by atoms with E-state index in [4.69, 9.17) is 4.52 Å². The predicted molar refractivity (Wildman–Crippen MR) is 80.5 cm³/mol. The van der Waals surface area contributed by atoms with E-state index in [2.05, 4.69) is 10.5 Å². The van der Waals surface area contributed by atoms with Gasteiger partial charge in [-0.25, -0.2) is 8.42 Å². The molecular weight excluding hydrogens is 312 g/mol. The van der Waals surface area contributed by atoms with Gasteiger partial charge in [-0.1, -0.05) is 5.16 Å². The second kappa shape index (κ2) is 5.61. The standard InChI is InChI=1S/C13H16N2O4S2/c1-7(11-8(2)15-19-9(11)3)12(16)14-13-10(5-6-20-13)21(4,17)18/h5-7H,1-4H3,(H,14,16). The summed E-state index contributed by atoms with van der Waals surface area (Å²) >= 11 is 1.18. The molecule has 1 N–H and O–H groups in total. The number of thiophene rings is 1. The number of nitrogens with one attached hydrogen (secondary N) is 1. The number of anilines is 1. The van der Waals surface area contributed by atoms with Crippen LogP contribution < -0.4 is 5.32 Å². The summed E-state index contributed by atoms with van der Waals surface area (Å²) in [6, 6.07) is 1.48. The number of nitrogens with zero attached hydrogens (tertiary/aromatic N) is 1. The molecule has 1 unspecified atom stereocenters. The molecule has 0 saturated heterocycles. The lowest BCUT2D eigenvalue weighted by Gasteiger charge is -2.11. The summed E-state index contributed by atoms with van der Waals surface area (Å²) in [7, 11) is -3.37. The highest BCUT2D eigenvalue weighted by Crippen LogP contribution is 2.30. The molecule has 2 rings (SSSR count). The van der Waals surface area contributed by atoms with Crippen molar-refractivity contribution in [2.75, 3.05) is 11.6 Å². The van der Waals surface area contributed by atoms with E-state index < -0.39 is 15.8 Å². The monoisotopic (exact) mass is 328 g/mol. The van der Waals surface area contributed by atoms with Crippen molar-refractivity contribution in [2.45, 2.75) is 31.6 Å². The number of carbonyl (C=O) groups is 1. The van der Waals surface area contributed by atoms with Crippen LogP contribution in [0, 0.1) is 13.8 Å². The largest absolute Gasteiger partial charge is 0.361 e. The smallest absolute Gasteiger partial charge is 0.232 e. The Hall–Kier alpha value is -1.67. The third kappa shape index (κ3) is 3.16. The summed E-state index contributed by atoms with van der Waals surface area (Å²) in [6.07, 6.45) is 1.11. The van der Waals surface area contributed by atoms with Gasteiger partial charge >= 0.3 is 0 Å². The minimum atomic E-state index is -3.37. The molecule has 0 saturated carbocycles. The zero-order chi connectivity index (χ0) is 15.8. The second-order valence-corrected chi connectivity index (χ2v) is 7.74. The first-order valence-corrected chi connectivity index (χ1v) is 9.00. The Morgan fingerprint density at radius 1 is 1.43 bits per heavy atom. The molecule has 1 amide bonds. The molecule has 0 aliphatic heterocycles. The minimum absolute atomic E-state index is 0.131. The van der Waals surface area contributed by atoms with Crippen LogP contribution >= 0.6 is 11.3 Å². The number of rotatable bonds is 4. The van der Waals surface area contributed by atoms with E-state index in [1.54, 1.807) is 26.2 Å². The van der Waals surface area contributed by atoms with Gasteiger partial charge in [0.25, 0.3) is 0 Å². The second-order valence-electron chi connectivity index (χ2n) is 4.83. The Balaban J connectivity index is 2.25. The van der Waals surface area contributed by atoms with Gasteiger partial charge in [-0.15, -0.1) is 11.3 Å². The van der Waals surface area contributed by atoms with E-state index in [-0.39, 0.29) is 10.8 Å². The third-order valence-corrected chi connectivity index (χ3v) is 5.28. The summed E-state index contributed by atoms with van der Waals surface area (Å²) in [5.74, 6) is -0.188. The first-order valence-electron chi connectivity index (χ1n) is 6.23. The van der Waals surface area contributed by atoms with Gasteiger partial charge in [0, 0.05) is 11.8 Å². The van der Waals surface area contributed by atoms with Crippen molar-refractivity contribution in [1.29, 1.82) is 0 Å². The molecule has 114 valence electrons. The van der Waals surface area contributed by atoms with Crippen molar-refractivity contribution in [3.8, 4) is 0 Å². The van der Waals surface area contributed by atoms with Gasteiger partial charge in [0.15, 0.2) is 9.84 Å². The Labute approximate surface area is 127 Å². The van der Waals surface area contributed by atoms with Crippen molar-refractivity contribution in [1.82, 2.24) is 5.16 Å². The Kier molecular flexibility index (Phi) is 4.20. The lowest BCUT2D eigenvalue weighted by molar-refractivity contribution is -0.117. The topological polar surface area (TPSA) is 89.3 Å². The van der Waals surface area contributed by atoms with Crippen molar-refractivity contribution in [3.05, 3.63) is 28.5 Å². The fourth-order valence-electron chi connectivity index (χ4n) is 2.14. The van der Waals surface area contributed by atoms with Crippen molar-refractivity contribution in [2.24, 2.45) is 0 Å². The summed E-state index contributed by atoms with van der Waals surface area (Å²) < 4.78 is 28.3. The van der Waals surface area contributed by atoms with E-state index in [0.717, 1.165) is 11.8 Å². The molecule has 6 nitrogen and oxygen atoms in total. The molecule has 0 fully saturated rings. The number of hydrogen-bond acceptors (Lipinski definition) is 6. The van der Waals surface area contributed by atoms with E-state index >= 15 is 0 Å². The number of carbonyl (C=O) groups excluding carboxylic acids is 1. The maximum absolute atomic E-state index is 12.3. The average molecular weight is 328 g/mol. The molecule has 0 aliphatic carbocycles. The zero-order valence-electron chi connectivity index (χ0n) is 12.1. The van der Waals surface area contributed by atoms with Gasteiger partial charge in [-0.3, -0.25) is 4.79 Å². The summed E-state index contributed by atoms with van der Waals surface area (Å²) in [5, 5.41) is 8.46. The SMILES string of the molecule is Cc1noc(C)c1C(C)C(=O)Nc1sccc1S(C)(=O)=O. The first kappa shape index (κ1) is 15.7. The molecule has 2 aromatic heterocycles. The minimum Gasteiger partial charge on any atom is -0.361 e. The van der Waals surface area contributed by atoms with Crippen LogP contribution in [-0.4, -0.2) is 25.7 Å². The maximum atomic E-state index is 12.3. The predicted octanol–water partition coefficient (Wildman–Crippen LogP) is 2.50. The van der Waals surface area contributed by atoms with Gasteiger partial charge in [0.1, 0.15) is 15.7 Å². The normalized spacial score (nSPS) is 13.1. The first-order chi connectivity index (χ1) is 9.71. The van der Waals surface area contributed by atoms with Gasteiger partial charge in [-0.2, -0.15) is 0 Å². The average Bonchev–Trinajstić information content (AvgIpc) is 2.95. The molecule has 8 heteroatoms. The molecule has 0 aromatic carbocycles. The molecule has 2 heterocycles. The molecule has 0 spiro atoms. The fraction of sp³-hybridized carbons (Fsp3) is 0.385. The van der Waals surface area contributed by atoms with Crippen molar-refractivity contribution < 1.29 is 17.7 Å². The van der Waals surface area contributed by atoms with Crippen molar-refractivity contribution >= 4 is 32.1 Å². The Bertz CT molecular complexity index is 754. The van der Waals surface area contributed by atoms with Crippen LogP contribution in [0.5, 0.6) is 0 Å². The van der Waals surface area contributed by atoms with Crippen LogP contribution in [0.4, 0.5) is 5.00 Å². The third-order valence-electron chi connectivity index (χ3n) is 3.18. The lowest BCUT2D eigenvalue weighted by atomic mass is 9.99. The maximum Gasteiger partial charge on any atom is 0.232 e. The summed E-state index contributed by atoms with van der Waals surface area (Å²) in [4.78, 5) is 12.5. The van der Waals surface area contributed by atoms with Crippen LogP contribution in [0.1, 0.15) is 29.9 Å². The number of aryl methyl sites for hydroxylation is 2. The molecule has 0 bridgehead atoms. The van der Waals surface area contributed by atoms with E-state index in [9.17, 15) is 13.2 Å². The van der Waals surface area contributed by atoms with Crippen LogP contribution in [-0.2, 0) is 14.6 Å². The van der Waals surface area contributed by atoms with Gasteiger partial charge < -0.3 is 9.84 Å². The molecular formula is C13H16N2O4S2. The van der Waals surface area contributed by atoms with Crippen LogP contribution in [0.25, 0.3) is 0 Å². The summed E-state index contributed by atoms with van der Waals surface area (Å²) in [6.45, 7) is 5.24. The molecule has 0 radical (unpaired) electrons. The highest BCUT2D eigenvalue weighted by atomic mass is 32.2. The molecule has 21 heavy (non-hydrogen) atoms. The van der Waals surface area contributed by atoms with E-state index in [1.807, 2.05) is 0 Å².